The molecule has 0 fully saturated rings. The van der Waals surface area contributed by atoms with Crippen LogP contribution in [-0.4, -0.2) is 123 Å². The number of halogens is 3. The van der Waals surface area contributed by atoms with Crippen LogP contribution in [0.2, 0.25) is 5.15 Å². The summed E-state index contributed by atoms with van der Waals surface area (Å²) in [6.45, 7) is 11.6. The van der Waals surface area contributed by atoms with E-state index in [1.165, 1.54) is 4.43 Å². The van der Waals surface area contributed by atoms with Gasteiger partial charge < -0.3 is 49.0 Å². The average Bonchev–Trinajstić information content (AvgIpc) is 0.812. The summed E-state index contributed by atoms with van der Waals surface area (Å²) < 4.78 is 21.8. The van der Waals surface area contributed by atoms with Gasteiger partial charge in [0.2, 0.25) is 0 Å². The molecule has 15 rings (SSSR count). The van der Waals surface area contributed by atoms with Crippen molar-refractivity contribution in [2.45, 2.75) is 41.5 Å². The van der Waals surface area contributed by atoms with E-state index in [1.807, 2.05) is 305 Å². The number of nitrogens with zero attached hydrogens (tertiary/aromatic N) is 14. The number of rotatable bonds is 13. The summed E-state index contributed by atoms with van der Waals surface area (Å²) >= 11 is 8.20. The molecule has 0 aliphatic carbocycles. The van der Waals surface area contributed by atoms with Crippen LogP contribution in [0.4, 0.5) is 51.7 Å². The molecule has 5 aromatic heterocycles. The molecular formula is C86H90Cl2IN15O5. The highest BCUT2D eigenvalue weighted by Gasteiger charge is 2.17. The predicted molar refractivity (Wildman–Crippen MR) is 460 cm³/mol. The molecule has 0 saturated carbocycles. The lowest BCUT2D eigenvalue weighted by Gasteiger charge is -2.20. The first-order valence-corrected chi connectivity index (χ1v) is 36.5. The van der Waals surface area contributed by atoms with Crippen molar-refractivity contribution in [3.63, 3.8) is 0 Å². The van der Waals surface area contributed by atoms with Crippen molar-refractivity contribution in [1.29, 1.82) is 0 Å². The van der Waals surface area contributed by atoms with E-state index in [9.17, 15) is 5.11 Å². The summed E-state index contributed by atoms with van der Waals surface area (Å²) in [5, 5.41) is 18.0. The van der Waals surface area contributed by atoms with E-state index in [2.05, 4.69) is 99.4 Å². The molecule has 109 heavy (non-hydrogen) atoms. The standard InChI is InChI=1S/3C17H17N3O.C16H15N3O.C9H7ClN2.C8H11NO.C2H5I.ClH/c3*1-12-18-16-7-5-4-6-15(16)17(19-12)20(2)13-8-10-14(21-3)11-9-13;1-11-17-15-6-4-3-5-14(15)16(18-11)19(2)12-7-9-13(20)10-8-12;1-6-11-8-5-3-2-4-7(8)9(10)12-6;1-9-7-3-5-8(10-2)6-4-7;1-2-3;/h3*4-11H,1-3H3;3-10,20H,1-2H3;2-5H,1H3;3-6,9H,1-2H3;2H2,1H3;1H/i3-1;;;;;;2-1;. The van der Waals surface area contributed by atoms with Crippen molar-refractivity contribution >= 4 is 153 Å². The van der Waals surface area contributed by atoms with Crippen LogP contribution in [0.15, 0.2) is 243 Å². The van der Waals surface area contributed by atoms with Gasteiger partial charge in [-0.1, -0.05) is 102 Å². The van der Waals surface area contributed by atoms with Gasteiger partial charge in [-0.05, 0) is 221 Å². The molecule has 0 unspecified atom stereocenters. The van der Waals surface area contributed by atoms with Gasteiger partial charge in [-0.15, -0.1) is 12.4 Å². The third-order valence-corrected chi connectivity index (χ3v) is 17.0. The Balaban J connectivity index is 0.000000166. The molecule has 0 radical (unpaired) electrons. The number of aromatic nitrogens is 10. The number of nitrogens with one attached hydrogen (secondary N) is 1. The number of alkyl halides is 1. The average molecular weight is 1610 g/mol. The normalized spacial score (nSPS) is 10.2. The molecule has 0 saturated heterocycles. The van der Waals surface area contributed by atoms with E-state index in [4.69, 9.17) is 30.5 Å². The highest BCUT2D eigenvalue weighted by atomic mass is 127. The van der Waals surface area contributed by atoms with Gasteiger partial charge in [-0.25, -0.2) is 49.8 Å². The first-order valence-electron chi connectivity index (χ1n) is 34.6. The van der Waals surface area contributed by atoms with Gasteiger partial charge in [0, 0.05) is 90.6 Å². The highest BCUT2D eigenvalue weighted by molar-refractivity contribution is 14.1. The predicted octanol–water partition coefficient (Wildman–Crippen LogP) is 20.7. The van der Waals surface area contributed by atoms with E-state index < -0.39 is 0 Å². The van der Waals surface area contributed by atoms with Gasteiger partial charge in [0.05, 0.1) is 56.0 Å². The molecule has 0 spiro atoms. The monoisotopic (exact) mass is 1610 g/mol. The third kappa shape index (κ3) is 22.4. The molecule has 0 aliphatic heterocycles. The summed E-state index contributed by atoms with van der Waals surface area (Å²) in [5.41, 5.74) is 9.93. The SMILES string of the molecule is CNc1ccc(OC)cc1.COc1ccc(N(C)c2nc(C)nc3ccccc23)cc1.COc1ccc(N(C)c2nc(C)nc3ccccc23)cc1.C[11CH2]I.Cc1nc(Cl)c2ccccc2n1.Cc1nc(N(C)c2ccc(O)cc2)c2ccccc2n1.Cc1nc(N(C)c2ccc(O[11CH3])cc2)c2ccccc2n1.Cl. The minimum atomic E-state index is 0. The molecule has 0 aliphatic rings. The van der Waals surface area contributed by atoms with E-state index in [1.54, 1.807) is 40.6 Å². The Morgan fingerprint density at radius 1 is 0.330 bits per heavy atom. The lowest BCUT2D eigenvalue weighted by molar-refractivity contribution is 0.414. The Labute approximate surface area is 662 Å². The second-order valence-corrected chi connectivity index (χ2v) is 26.0. The Hall–Kier alpha value is -11.8. The summed E-state index contributed by atoms with van der Waals surface area (Å²) in [6, 6.07) is 78.5. The topological polar surface area (TPSA) is 211 Å². The number of aromatic hydroxyl groups is 1. The first-order chi connectivity index (χ1) is 52.3. The van der Waals surface area contributed by atoms with Crippen LogP contribution in [0, 0.1) is 34.6 Å². The maximum absolute atomic E-state index is 9.38. The molecule has 5 heterocycles. The number of phenols is 1. The number of hydrogen-bond acceptors (Lipinski definition) is 20. The number of methoxy groups -OCH3 is 4. The second kappa shape index (κ2) is 40.8. The summed E-state index contributed by atoms with van der Waals surface area (Å²) in [7, 11) is 16.5. The minimum Gasteiger partial charge on any atom is -0.508 e. The number of para-hydroxylation sites is 5. The van der Waals surface area contributed by atoms with Crippen LogP contribution in [0.5, 0.6) is 28.7 Å². The Morgan fingerprint density at radius 2 is 0.541 bits per heavy atom. The van der Waals surface area contributed by atoms with Crippen molar-refractivity contribution in [2.24, 2.45) is 0 Å². The van der Waals surface area contributed by atoms with Crippen LogP contribution < -0.4 is 43.9 Å². The number of aryl methyl sites for hydroxylation is 5. The zero-order valence-electron chi connectivity index (χ0n) is 63.8. The maximum Gasteiger partial charge on any atom is 0.144 e. The smallest absolute Gasteiger partial charge is 0.144 e. The van der Waals surface area contributed by atoms with Crippen LogP contribution in [0.1, 0.15) is 36.0 Å². The van der Waals surface area contributed by atoms with E-state index in [0.717, 1.165) is 153 Å². The van der Waals surface area contributed by atoms with Crippen LogP contribution in [-0.2, 0) is 0 Å². The lowest BCUT2D eigenvalue weighted by Crippen LogP contribution is -2.12. The van der Waals surface area contributed by atoms with Gasteiger partial charge in [0.25, 0.3) is 0 Å². The number of phenolic OH excluding ortho intramolecular Hbond substituents is 1. The summed E-state index contributed by atoms with van der Waals surface area (Å²) in [5.74, 6) is 11.0. The third-order valence-electron chi connectivity index (χ3n) is 16.7. The van der Waals surface area contributed by atoms with Crippen molar-refractivity contribution in [1.82, 2.24) is 49.8 Å². The van der Waals surface area contributed by atoms with E-state index in [0.29, 0.717) is 11.0 Å². The van der Waals surface area contributed by atoms with E-state index in [-0.39, 0.29) is 18.2 Å². The summed E-state index contributed by atoms with van der Waals surface area (Å²) in [4.78, 5) is 52.7. The fraction of sp³-hybridized carbons (Fsp3) is 0.186. The van der Waals surface area contributed by atoms with Crippen molar-refractivity contribution in [2.75, 3.05) is 93.0 Å². The first kappa shape index (κ1) is 82.9. The van der Waals surface area contributed by atoms with Crippen LogP contribution >= 0.6 is 46.6 Å². The molecule has 2 N–H and O–H groups in total. The fourth-order valence-corrected chi connectivity index (χ4v) is 11.5. The number of ether oxygens (including phenoxy) is 4. The van der Waals surface area contributed by atoms with Crippen LogP contribution in [0.25, 0.3) is 54.5 Å². The molecule has 560 valence electrons. The molecule has 10 aromatic carbocycles. The zero-order chi connectivity index (χ0) is 77.2. The quantitative estimate of drug-likeness (QED) is 0.0624. The lowest BCUT2D eigenvalue weighted by atomic mass is 10.2. The van der Waals surface area contributed by atoms with Gasteiger partial charge in [-0.2, -0.15) is 0 Å². The van der Waals surface area contributed by atoms with Crippen molar-refractivity contribution in [3.8, 4) is 28.7 Å². The molecule has 0 amide bonds. The molecule has 23 heteroatoms. The fourth-order valence-electron chi connectivity index (χ4n) is 11.2. The largest absolute Gasteiger partial charge is 0.508 e. The molecule has 15 aromatic rings. The zero-order valence-corrected chi connectivity index (χ0v) is 67.5. The molecule has 20 nitrogen and oxygen atoms in total. The van der Waals surface area contributed by atoms with Crippen molar-refractivity contribution < 1.29 is 24.1 Å². The maximum atomic E-state index is 9.38. The Morgan fingerprint density at radius 3 is 0.789 bits per heavy atom. The molecule has 0 bridgehead atoms. The highest BCUT2D eigenvalue weighted by Crippen LogP contribution is 2.35. The second-order valence-electron chi connectivity index (χ2n) is 24.1. The summed E-state index contributed by atoms with van der Waals surface area (Å²) in [6.07, 6.45) is 0. The van der Waals surface area contributed by atoms with Crippen molar-refractivity contribution in [3.05, 3.63) is 277 Å². The minimum absolute atomic E-state index is 0. The van der Waals surface area contributed by atoms with Gasteiger partial charge >= 0.3 is 0 Å². The van der Waals surface area contributed by atoms with Gasteiger partial charge in [0.1, 0.15) is 86.3 Å². The van der Waals surface area contributed by atoms with Gasteiger partial charge in [-0.3, -0.25) is 0 Å². The Kier molecular flexibility index (Phi) is 31.0. The van der Waals surface area contributed by atoms with E-state index >= 15 is 0 Å². The number of anilines is 9. The molecular weight excluding hydrogens is 1520 g/mol. The van der Waals surface area contributed by atoms with Gasteiger partial charge in [0.15, 0.2) is 0 Å². The molecule has 0 atom stereocenters. The number of benzene rings is 10. The number of fused-ring (bicyclic) bond motifs is 5. The number of hydrogen-bond donors (Lipinski definition) is 2. The van der Waals surface area contributed by atoms with Crippen LogP contribution in [0.3, 0.4) is 0 Å². The Bertz CT molecular complexity index is 5050.